The molecule has 0 spiro atoms. The molecule has 0 aliphatic rings. The highest BCUT2D eigenvalue weighted by Crippen LogP contribution is 2.29. The average Bonchev–Trinajstić information content (AvgIpc) is 2.92. The lowest BCUT2D eigenvalue weighted by Crippen LogP contribution is -1.88. The number of fused-ring (bicyclic) bond motifs is 1. The average molecular weight is 266 g/mol. The van der Waals surface area contributed by atoms with Gasteiger partial charge in [0, 0.05) is 18.3 Å². The lowest BCUT2D eigenvalue weighted by atomic mass is 10.1. The van der Waals surface area contributed by atoms with Crippen molar-refractivity contribution in [2.24, 2.45) is 0 Å². The van der Waals surface area contributed by atoms with Crippen LogP contribution in [0.3, 0.4) is 0 Å². The Bertz CT molecular complexity index is 742. The number of hydrogen-bond donors (Lipinski definition) is 1. The Morgan fingerprint density at radius 2 is 1.90 bits per heavy atom. The van der Waals surface area contributed by atoms with E-state index < -0.39 is 0 Å². The van der Waals surface area contributed by atoms with Crippen LogP contribution >= 0.6 is 0 Å². The number of rotatable bonds is 3. The minimum Gasteiger partial charge on any atom is -0.436 e. The molecule has 0 saturated carbocycles. The van der Waals surface area contributed by atoms with Gasteiger partial charge in [-0.1, -0.05) is 19.1 Å². The van der Waals surface area contributed by atoms with Gasteiger partial charge in [-0.25, -0.2) is 4.98 Å². The summed E-state index contributed by atoms with van der Waals surface area (Å²) < 4.78 is 5.92. The third-order valence-corrected chi connectivity index (χ3v) is 3.57. The Morgan fingerprint density at radius 1 is 1.15 bits per heavy atom. The predicted octanol–water partition coefficient (Wildman–Crippen LogP) is 4.41. The first kappa shape index (κ1) is 12.7. The van der Waals surface area contributed by atoms with E-state index in [4.69, 9.17) is 4.42 Å². The summed E-state index contributed by atoms with van der Waals surface area (Å²) in [4.78, 5) is 4.60. The van der Waals surface area contributed by atoms with E-state index in [0.717, 1.165) is 34.3 Å². The maximum absolute atomic E-state index is 5.92. The molecule has 0 atom stereocenters. The summed E-state index contributed by atoms with van der Waals surface area (Å²) in [6.45, 7) is 4.19. The molecular formula is C17H18N2O. The Balaban J connectivity index is 2.09. The normalized spacial score (nSPS) is 10.9. The molecule has 0 unspecified atom stereocenters. The van der Waals surface area contributed by atoms with Crippen LogP contribution in [-0.4, -0.2) is 12.0 Å². The van der Waals surface area contributed by atoms with E-state index in [-0.39, 0.29) is 0 Å². The van der Waals surface area contributed by atoms with Crippen molar-refractivity contribution in [2.45, 2.75) is 20.3 Å². The molecule has 1 N–H and O–H groups in total. The highest BCUT2D eigenvalue weighted by Gasteiger charge is 2.11. The van der Waals surface area contributed by atoms with E-state index in [2.05, 4.69) is 47.6 Å². The van der Waals surface area contributed by atoms with Gasteiger partial charge in [-0.2, -0.15) is 0 Å². The molecule has 0 fully saturated rings. The van der Waals surface area contributed by atoms with Crippen LogP contribution < -0.4 is 5.32 Å². The molecule has 0 radical (unpaired) electrons. The molecule has 3 nitrogen and oxygen atoms in total. The van der Waals surface area contributed by atoms with Crippen LogP contribution in [0.1, 0.15) is 18.1 Å². The van der Waals surface area contributed by atoms with Crippen LogP contribution in [0.4, 0.5) is 5.69 Å². The largest absolute Gasteiger partial charge is 0.436 e. The standard InChI is InChI=1S/C17H18N2O/c1-4-12-5-7-13(8-6-12)17-19-15-10-14(18-3)9-11(2)16(15)20-17/h5-10,18H,4H2,1-3H3. The van der Waals surface area contributed by atoms with Crippen molar-refractivity contribution >= 4 is 16.8 Å². The van der Waals surface area contributed by atoms with Crippen molar-refractivity contribution in [2.75, 3.05) is 12.4 Å². The van der Waals surface area contributed by atoms with E-state index in [1.54, 1.807) is 0 Å². The van der Waals surface area contributed by atoms with Crippen molar-refractivity contribution in [3.8, 4) is 11.5 Å². The Morgan fingerprint density at radius 3 is 2.55 bits per heavy atom. The predicted molar refractivity (Wildman–Crippen MR) is 83.1 cm³/mol. The van der Waals surface area contributed by atoms with Gasteiger partial charge in [-0.3, -0.25) is 0 Å². The summed E-state index contributed by atoms with van der Waals surface area (Å²) >= 11 is 0. The number of aromatic nitrogens is 1. The summed E-state index contributed by atoms with van der Waals surface area (Å²) in [5, 5.41) is 3.14. The van der Waals surface area contributed by atoms with Gasteiger partial charge in [0.05, 0.1) is 0 Å². The third kappa shape index (κ3) is 2.16. The van der Waals surface area contributed by atoms with Gasteiger partial charge in [-0.15, -0.1) is 0 Å². The monoisotopic (exact) mass is 266 g/mol. The summed E-state index contributed by atoms with van der Waals surface area (Å²) in [5.74, 6) is 0.680. The molecule has 1 aromatic heterocycles. The molecule has 0 saturated heterocycles. The second-order valence-electron chi connectivity index (χ2n) is 4.96. The van der Waals surface area contributed by atoms with E-state index in [9.17, 15) is 0 Å². The molecule has 102 valence electrons. The molecule has 0 amide bonds. The summed E-state index contributed by atoms with van der Waals surface area (Å²) in [6.07, 6.45) is 1.04. The van der Waals surface area contributed by atoms with Gasteiger partial charge in [0.25, 0.3) is 0 Å². The quantitative estimate of drug-likeness (QED) is 0.763. The number of oxazole rings is 1. The molecular weight excluding hydrogens is 248 g/mol. The Labute approximate surface area is 118 Å². The van der Waals surface area contributed by atoms with Crippen LogP contribution in [0.25, 0.3) is 22.6 Å². The number of anilines is 1. The molecule has 3 heteroatoms. The maximum atomic E-state index is 5.92. The fourth-order valence-electron chi connectivity index (χ4n) is 2.35. The summed E-state index contributed by atoms with van der Waals surface area (Å²) in [7, 11) is 1.91. The Hall–Kier alpha value is -2.29. The van der Waals surface area contributed by atoms with Gasteiger partial charge >= 0.3 is 0 Å². The van der Waals surface area contributed by atoms with Crippen molar-refractivity contribution in [1.82, 2.24) is 4.98 Å². The van der Waals surface area contributed by atoms with Gasteiger partial charge in [0.1, 0.15) is 5.52 Å². The van der Waals surface area contributed by atoms with E-state index in [1.165, 1.54) is 5.56 Å². The number of benzene rings is 2. The highest BCUT2D eigenvalue weighted by molar-refractivity contribution is 5.83. The molecule has 0 bridgehead atoms. The van der Waals surface area contributed by atoms with E-state index >= 15 is 0 Å². The number of hydrogen-bond acceptors (Lipinski definition) is 3. The second-order valence-corrected chi connectivity index (χ2v) is 4.96. The van der Waals surface area contributed by atoms with Crippen molar-refractivity contribution < 1.29 is 4.42 Å². The smallest absolute Gasteiger partial charge is 0.227 e. The van der Waals surface area contributed by atoms with E-state index in [1.807, 2.05) is 20.0 Å². The first-order valence-corrected chi connectivity index (χ1v) is 6.89. The maximum Gasteiger partial charge on any atom is 0.227 e. The SMILES string of the molecule is CCc1ccc(-c2nc3cc(NC)cc(C)c3o2)cc1. The third-order valence-electron chi connectivity index (χ3n) is 3.57. The van der Waals surface area contributed by atoms with Crippen LogP contribution in [-0.2, 0) is 6.42 Å². The van der Waals surface area contributed by atoms with Gasteiger partial charge in [0.15, 0.2) is 5.58 Å². The molecule has 3 aromatic rings. The molecule has 3 rings (SSSR count). The second kappa shape index (κ2) is 5.00. The summed E-state index contributed by atoms with van der Waals surface area (Å²) in [5.41, 5.74) is 6.23. The van der Waals surface area contributed by atoms with Gasteiger partial charge in [-0.05, 0) is 48.7 Å². The van der Waals surface area contributed by atoms with Crippen LogP contribution in [0.15, 0.2) is 40.8 Å². The lowest BCUT2D eigenvalue weighted by molar-refractivity contribution is 0.617. The molecule has 0 aliphatic carbocycles. The minimum atomic E-state index is 0.680. The van der Waals surface area contributed by atoms with Crippen molar-refractivity contribution in [1.29, 1.82) is 0 Å². The van der Waals surface area contributed by atoms with Crippen LogP contribution in [0.5, 0.6) is 0 Å². The fourth-order valence-corrected chi connectivity index (χ4v) is 2.35. The zero-order chi connectivity index (χ0) is 14.1. The molecule has 0 aliphatic heterocycles. The zero-order valence-corrected chi connectivity index (χ0v) is 12.0. The highest BCUT2D eigenvalue weighted by atomic mass is 16.3. The van der Waals surface area contributed by atoms with Gasteiger partial charge < -0.3 is 9.73 Å². The van der Waals surface area contributed by atoms with E-state index in [0.29, 0.717) is 5.89 Å². The first-order valence-electron chi connectivity index (χ1n) is 6.89. The lowest BCUT2D eigenvalue weighted by Gasteiger charge is -2.00. The number of aryl methyl sites for hydroxylation is 2. The fraction of sp³-hybridized carbons (Fsp3) is 0.235. The summed E-state index contributed by atoms with van der Waals surface area (Å²) in [6, 6.07) is 12.5. The van der Waals surface area contributed by atoms with Crippen LogP contribution in [0, 0.1) is 6.92 Å². The van der Waals surface area contributed by atoms with Crippen molar-refractivity contribution in [3.05, 3.63) is 47.5 Å². The Kier molecular flexibility index (Phi) is 3.18. The number of nitrogens with zero attached hydrogens (tertiary/aromatic N) is 1. The minimum absolute atomic E-state index is 0.680. The van der Waals surface area contributed by atoms with Crippen LogP contribution in [0.2, 0.25) is 0 Å². The number of nitrogens with one attached hydrogen (secondary N) is 1. The molecule has 1 heterocycles. The molecule has 2 aromatic carbocycles. The zero-order valence-electron chi connectivity index (χ0n) is 12.0. The first-order chi connectivity index (χ1) is 9.71. The van der Waals surface area contributed by atoms with Crippen molar-refractivity contribution in [3.63, 3.8) is 0 Å². The molecule has 20 heavy (non-hydrogen) atoms. The topological polar surface area (TPSA) is 38.1 Å². The van der Waals surface area contributed by atoms with Gasteiger partial charge in [0.2, 0.25) is 5.89 Å².